The number of imidazole rings is 1. The van der Waals surface area contributed by atoms with Crippen LogP contribution in [0.25, 0.3) is 0 Å². The highest BCUT2D eigenvalue weighted by Gasteiger charge is 2.23. The van der Waals surface area contributed by atoms with E-state index in [1.807, 2.05) is 25.4 Å². The first-order valence-corrected chi connectivity index (χ1v) is 7.63. The SMILES string of the molecule is Cc1nccn1CCNc1cccc([C@@H]2CCCN2C)n1. The molecule has 0 saturated carbocycles. The van der Waals surface area contributed by atoms with E-state index in [9.17, 15) is 0 Å². The molecule has 0 aromatic carbocycles. The third-order valence-corrected chi connectivity index (χ3v) is 4.21. The van der Waals surface area contributed by atoms with Crippen molar-refractivity contribution in [2.45, 2.75) is 32.4 Å². The van der Waals surface area contributed by atoms with Crippen LogP contribution in [0.5, 0.6) is 0 Å². The Hall–Kier alpha value is -1.88. The highest BCUT2D eigenvalue weighted by Crippen LogP contribution is 2.29. The maximum atomic E-state index is 4.77. The maximum absolute atomic E-state index is 4.77. The topological polar surface area (TPSA) is 46.0 Å². The number of aryl methyl sites for hydroxylation is 1. The summed E-state index contributed by atoms with van der Waals surface area (Å²) in [6, 6.07) is 6.75. The molecule has 0 radical (unpaired) electrons. The second-order valence-corrected chi connectivity index (χ2v) is 5.68. The summed E-state index contributed by atoms with van der Waals surface area (Å²) in [5, 5.41) is 3.41. The van der Waals surface area contributed by atoms with Crippen LogP contribution in [-0.2, 0) is 6.54 Å². The zero-order valence-electron chi connectivity index (χ0n) is 12.8. The fraction of sp³-hybridized carbons (Fsp3) is 0.500. The van der Waals surface area contributed by atoms with E-state index in [0.29, 0.717) is 6.04 Å². The minimum Gasteiger partial charge on any atom is -0.368 e. The minimum absolute atomic E-state index is 0.475. The Balaban J connectivity index is 1.60. The average Bonchev–Trinajstić information content (AvgIpc) is 3.08. The Kier molecular flexibility index (Phi) is 4.20. The van der Waals surface area contributed by atoms with Crippen molar-refractivity contribution >= 4 is 5.82 Å². The molecule has 1 atom stereocenters. The molecule has 1 N–H and O–H groups in total. The van der Waals surface area contributed by atoms with Crippen molar-refractivity contribution in [3.63, 3.8) is 0 Å². The second-order valence-electron chi connectivity index (χ2n) is 5.68. The lowest BCUT2D eigenvalue weighted by molar-refractivity contribution is 0.312. The molecule has 0 aliphatic carbocycles. The van der Waals surface area contributed by atoms with E-state index in [1.54, 1.807) is 0 Å². The molecule has 2 aromatic heterocycles. The van der Waals surface area contributed by atoms with Gasteiger partial charge in [0.2, 0.25) is 0 Å². The fourth-order valence-corrected chi connectivity index (χ4v) is 2.96. The quantitative estimate of drug-likeness (QED) is 0.916. The molecule has 5 nitrogen and oxygen atoms in total. The van der Waals surface area contributed by atoms with Crippen LogP contribution in [0.3, 0.4) is 0 Å². The first-order chi connectivity index (χ1) is 10.2. The van der Waals surface area contributed by atoms with Crippen LogP contribution < -0.4 is 5.32 Å². The van der Waals surface area contributed by atoms with Gasteiger partial charge in [0.05, 0.1) is 11.7 Å². The molecule has 0 amide bonds. The summed E-state index contributed by atoms with van der Waals surface area (Å²) in [4.78, 5) is 11.4. The van der Waals surface area contributed by atoms with Crippen molar-refractivity contribution in [3.05, 3.63) is 42.1 Å². The smallest absolute Gasteiger partial charge is 0.126 e. The van der Waals surface area contributed by atoms with E-state index >= 15 is 0 Å². The maximum Gasteiger partial charge on any atom is 0.126 e. The predicted molar refractivity (Wildman–Crippen MR) is 84.3 cm³/mol. The Morgan fingerprint density at radius 1 is 1.38 bits per heavy atom. The number of nitrogens with one attached hydrogen (secondary N) is 1. The molecule has 1 fully saturated rings. The van der Waals surface area contributed by atoms with Crippen molar-refractivity contribution in [2.24, 2.45) is 0 Å². The van der Waals surface area contributed by atoms with Gasteiger partial charge in [0.1, 0.15) is 11.6 Å². The van der Waals surface area contributed by atoms with E-state index < -0.39 is 0 Å². The van der Waals surface area contributed by atoms with Crippen LogP contribution in [-0.4, -0.2) is 39.6 Å². The largest absolute Gasteiger partial charge is 0.368 e. The molecule has 1 aliphatic heterocycles. The van der Waals surface area contributed by atoms with Gasteiger partial charge >= 0.3 is 0 Å². The number of aromatic nitrogens is 3. The molecule has 3 rings (SSSR count). The molecule has 0 spiro atoms. The van der Waals surface area contributed by atoms with Crippen molar-refractivity contribution in [3.8, 4) is 0 Å². The molecule has 3 heterocycles. The van der Waals surface area contributed by atoms with Gasteiger partial charge in [-0.1, -0.05) is 6.07 Å². The zero-order valence-corrected chi connectivity index (χ0v) is 12.8. The van der Waals surface area contributed by atoms with Crippen LogP contribution >= 0.6 is 0 Å². The van der Waals surface area contributed by atoms with Crippen molar-refractivity contribution < 1.29 is 0 Å². The van der Waals surface area contributed by atoms with E-state index in [1.165, 1.54) is 25.1 Å². The lowest BCUT2D eigenvalue weighted by Crippen LogP contribution is -2.19. The molecular weight excluding hydrogens is 262 g/mol. The number of rotatable bonds is 5. The molecule has 1 saturated heterocycles. The predicted octanol–water partition coefficient (Wildman–Crippen LogP) is 2.47. The van der Waals surface area contributed by atoms with Crippen LogP contribution in [0.2, 0.25) is 0 Å². The molecular formula is C16H23N5. The molecule has 0 unspecified atom stereocenters. The monoisotopic (exact) mass is 285 g/mol. The summed E-state index contributed by atoms with van der Waals surface area (Å²) in [6.07, 6.45) is 6.32. The third-order valence-electron chi connectivity index (χ3n) is 4.21. The number of likely N-dealkylation sites (tertiary alicyclic amines) is 1. The highest BCUT2D eigenvalue weighted by molar-refractivity contribution is 5.36. The highest BCUT2D eigenvalue weighted by atomic mass is 15.2. The van der Waals surface area contributed by atoms with Gasteiger partial charge in [-0.3, -0.25) is 4.90 Å². The lowest BCUT2D eigenvalue weighted by Gasteiger charge is -2.19. The number of pyridine rings is 1. The van der Waals surface area contributed by atoms with Gasteiger partial charge in [-0.25, -0.2) is 9.97 Å². The standard InChI is InChI=1S/C16H23N5/c1-13-17-8-11-21(13)12-9-18-16-7-3-5-14(19-16)15-6-4-10-20(15)2/h3,5,7-8,11,15H,4,6,9-10,12H2,1-2H3,(H,18,19)/t15-/m0/s1. The van der Waals surface area contributed by atoms with E-state index in [4.69, 9.17) is 4.98 Å². The Morgan fingerprint density at radius 2 is 2.29 bits per heavy atom. The Morgan fingerprint density at radius 3 is 3.00 bits per heavy atom. The number of anilines is 1. The zero-order chi connectivity index (χ0) is 14.7. The Labute approximate surface area is 126 Å². The number of nitrogens with zero attached hydrogens (tertiary/aromatic N) is 4. The van der Waals surface area contributed by atoms with Gasteiger partial charge < -0.3 is 9.88 Å². The summed E-state index contributed by atoms with van der Waals surface area (Å²) in [6.45, 7) is 4.95. The molecule has 5 heteroatoms. The molecule has 112 valence electrons. The molecule has 1 aliphatic rings. The fourth-order valence-electron chi connectivity index (χ4n) is 2.96. The van der Waals surface area contributed by atoms with Crippen molar-refractivity contribution in [1.82, 2.24) is 19.4 Å². The summed E-state index contributed by atoms with van der Waals surface area (Å²) in [5.41, 5.74) is 1.18. The van der Waals surface area contributed by atoms with Gasteiger partial charge in [-0.05, 0) is 45.5 Å². The van der Waals surface area contributed by atoms with E-state index in [-0.39, 0.29) is 0 Å². The van der Waals surface area contributed by atoms with Crippen LogP contribution in [0.15, 0.2) is 30.6 Å². The van der Waals surface area contributed by atoms with E-state index in [2.05, 4.69) is 38.9 Å². The summed E-state index contributed by atoms with van der Waals surface area (Å²) in [7, 11) is 2.18. The summed E-state index contributed by atoms with van der Waals surface area (Å²) < 4.78 is 2.14. The van der Waals surface area contributed by atoms with Crippen LogP contribution in [0, 0.1) is 6.92 Å². The minimum atomic E-state index is 0.475. The molecule has 21 heavy (non-hydrogen) atoms. The molecule has 2 aromatic rings. The second kappa shape index (κ2) is 6.26. The summed E-state index contributed by atoms with van der Waals surface area (Å²) >= 11 is 0. The van der Waals surface area contributed by atoms with Crippen LogP contribution in [0.4, 0.5) is 5.82 Å². The first-order valence-electron chi connectivity index (χ1n) is 7.63. The molecule has 0 bridgehead atoms. The average molecular weight is 285 g/mol. The van der Waals surface area contributed by atoms with Gasteiger partial charge in [0.25, 0.3) is 0 Å². The van der Waals surface area contributed by atoms with Gasteiger partial charge in [0.15, 0.2) is 0 Å². The number of hydrogen-bond donors (Lipinski definition) is 1. The lowest BCUT2D eigenvalue weighted by atomic mass is 10.1. The third kappa shape index (κ3) is 3.24. The summed E-state index contributed by atoms with van der Waals surface area (Å²) in [5.74, 6) is 2.01. The number of hydrogen-bond acceptors (Lipinski definition) is 4. The normalized spacial score (nSPS) is 19.0. The Bertz CT molecular complexity index is 592. The van der Waals surface area contributed by atoms with Crippen LogP contribution in [0.1, 0.15) is 30.4 Å². The first kappa shape index (κ1) is 14.1. The van der Waals surface area contributed by atoms with Crippen molar-refractivity contribution in [1.29, 1.82) is 0 Å². The van der Waals surface area contributed by atoms with Gasteiger partial charge in [-0.15, -0.1) is 0 Å². The van der Waals surface area contributed by atoms with Gasteiger partial charge in [0, 0.05) is 25.5 Å². The van der Waals surface area contributed by atoms with Crippen molar-refractivity contribution in [2.75, 3.05) is 25.5 Å². The van der Waals surface area contributed by atoms with Gasteiger partial charge in [-0.2, -0.15) is 0 Å². The van der Waals surface area contributed by atoms with E-state index in [0.717, 1.165) is 24.7 Å².